The Morgan fingerprint density at radius 3 is 3.00 bits per heavy atom. The van der Waals surface area contributed by atoms with E-state index in [1.54, 1.807) is 0 Å². The first-order valence-corrected chi connectivity index (χ1v) is 4.53. The first-order valence-electron chi connectivity index (χ1n) is 4.53. The normalized spacial score (nSPS) is 28.4. The predicted octanol–water partition coefficient (Wildman–Crippen LogP) is 1.43. The van der Waals surface area contributed by atoms with Crippen LogP contribution in [0.3, 0.4) is 0 Å². The van der Waals surface area contributed by atoms with Crippen LogP contribution >= 0.6 is 0 Å². The standard InChI is InChI=1S/C9H18O2/c1-8(4-5-10)9-3-2-6-11-7-9/h8-10H,2-7H2,1H3. The van der Waals surface area contributed by atoms with E-state index >= 15 is 0 Å². The molecule has 1 N–H and O–H groups in total. The number of aliphatic hydroxyl groups excluding tert-OH is 1. The second-order valence-corrected chi connectivity index (χ2v) is 3.47. The zero-order chi connectivity index (χ0) is 8.10. The van der Waals surface area contributed by atoms with Gasteiger partial charge in [0, 0.05) is 19.8 Å². The molecule has 1 heterocycles. The van der Waals surface area contributed by atoms with Gasteiger partial charge in [0.15, 0.2) is 0 Å². The van der Waals surface area contributed by atoms with Crippen LogP contribution in [0.1, 0.15) is 26.2 Å². The maximum Gasteiger partial charge on any atom is 0.0496 e. The van der Waals surface area contributed by atoms with Crippen molar-refractivity contribution in [1.29, 1.82) is 0 Å². The molecule has 2 unspecified atom stereocenters. The molecule has 1 fully saturated rings. The van der Waals surface area contributed by atoms with E-state index in [0.717, 1.165) is 19.6 Å². The molecule has 1 aliphatic rings. The van der Waals surface area contributed by atoms with Gasteiger partial charge in [-0.1, -0.05) is 6.92 Å². The molecule has 0 bridgehead atoms. The molecule has 0 aromatic rings. The van der Waals surface area contributed by atoms with Crippen LogP contribution in [0.5, 0.6) is 0 Å². The van der Waals surface area contributed by atoms with E-state index in [1.807, 2.05) is 0 Å². The van der Waals surface area contributed by atoms with Crippen LogP contribution in [-0.2, 0) is 4.74 Å². The summed E-state index contributed by atoms with van der Waals surface area (Å²) in [6.45, 7) is 4.36. The Labute approximate surface area is 68.6 Å². The van der Waals surface area contributed by atoms with Gasteiger partial charge < -0.3 is 9.84 Å². The molecule has 0 saturated carbocycles. The van der Waals surface area contributed by atoms with Crippen molar-refractivity contribution in [3.8, 4) is 0 Å². The van der Waals surface area contributed by atoms with E-state index in [4.69, 9.17) is 9.84 Å². The van der Waals surface area contributed by atoms with Crippen LogP contribution in [0.25, 0.3) is 0 Å². The first kappa shape index (κ1) is 9.01. The third kappa shape index (κ3) is 2.80. The van der Waals surface area contributed by atoms with E-state index in [1.165, 1.54) is 12.8 Å². The minimum Gasteiger partial charge on any atom is -0.396 e. The molecule has 2 heteroatoms. The van der Waals surface area contributed by atoms with E-state index in [-0.39, 0.29) is 0 Å². The average molecular weight is 158 g/mol. The van der Waals surface area contributed by atoms with Crippen LogP contribution < -0.4 is 0 Å². The van der Waals surface area contributed by atoms with Gasteiger partial charge in [-0.05, 0) is 31.1 Å². The van der Waals surface area contributed by atoms with Crippen LogP contribution in [0, 0.1) is 11.8 Å². The number of hydrogen-bond donors (Lipinski definition) is 1. The fourth-order valence-corrected chi connectivity index (χ4v) is 1.65. The quantitative estimate of drug-likeness (QED) is 0.673. The first-order chi connectivity index (χ1) is 5.34. The van der Waals surface area contributed by atoms with Crippen molar-refractivity contribution in [2.75, 3.05) is 19.8 Å². The Kier molecular flexibility index (Phi) is 3.87. The van der Waals surface area contributed by atoms with Crippen molar-refractivity contribution in [3.05, 3.63) is 0 Å². The summed E-state index contributed by atoms with van der Waals surface area (Å²) in [4.78, 5) is 0. The highest BCUT2D eigenvalue weighted by Gasteiger charge is 2.19. The van der Waals surface area contributed by atoms with Crippen molar-refractivity contribution in [2.24, 2.45) is 11.8 Å². The average Bonchev–Trinajstić information content (AvgIpc) is 2.07. The molecule has 0 radical (unpaired) electrons. The van der Waals surface area contributed by atoms with E-state index in [9.17, 15) is 0 Å². The highest BCUT2D eigenvalue weighted by Crippen LogP contribution is 2.23. The van der Waals surface area contributed by atoms with Gasteiger partial charge in [-0.25, -0.2) is 0 Å². The summed E-state index contributed by atoms with van der Waals surface area (Å²) < 4.78 is 5.37. The zero-order valence-electron chi connectivity index (χ0n) is 7.25. The fourth-order valence-electron chi connectivity index (χ4n) is 1.65. The second kappa shape index (κ2) is 4.73. The molecule has 1 rings (SSSR count). The number of rotatable bonds is 3. The third-order valence-corrected chi connectivity index (χ3v) is 2.58. The van der Waals surface area contributed by atoms with E-state index in [2.05, 4.69) is 6.92 Å². The van der Waals surface area contributed by atoms with Gasteiger partial charge in [0.05, 0.1) is 0 Å². The SMILES string of the molecule is CC(CCO)C1CCCOC1. The minimum atomic E-state index is 0.317. The van der Waals surface area contributed by atoms with Gasteiger partial charge in [0.2, 0.25) is 0 Å². The lowest BCUT2D eigenvalue weighted by molar-refractivity contribution is 0.0291. The Morgan fingerprint density at radius 1 is 1.64 bits per heavy atom. The summed E-state index contributed by atoms with van der Waals surface area (Å²) in [6.07, 6.45) is 3.40. The molecule has 1 saturated heterocycles. The zero-order valence-corrected chi connectivity index (χ0v) is 7.25. The molecule has 0 aromatic carbocycles. The maximum absolute atomic E-state index is 8.73. The van der Waals surface area contributed by atoms with Gasteiger partial charge in [-0.2, -0.15) is 0 Å². The summed E-state index contributed by atoms with van der Waals surface area (Å²) in [6, 6.07) is 0. The molecule has 2 atom stereocenters. The summed E-state index contributed by atoms with van der Waals surface area (Å²) in [5.41, 5.74) is 0. The van der Waals surface area contributed by atoms with Gasteiger partial charge in [-0.3, -0.25) is 0 Å². The van der Waals surface area contributed by atoms with Crippen LogP contribution in [0.15, 0.2) is 0 Å². The highest BCUT2D eigenvalue weighted by atomic mass is 16.5. The summed E-state index contributed by atoms with van der Waals surface area (Å²) in [5, 5.41) is 8.73. The maximum atomic E-state index is 8.73. The molecular weight excluding hydrogens is 140 g/mol. The van der Waals surface area contributed by atoms with Crippen molar-refractivity contribution >= 4 is 0 Å². The van der Waals surface area contributed by atoms with Crippen molar-refractivity contribution in [2.45, 2.75) is 26.2 Å². The van der Waals surface area contributed by atoms with Crippen LogP contribution in [0.2, 0.25) is 0 Å². The van der Waals surface area contributed by atoms with E-state index in [0.29, 0.717) is 18.4 Å². The molecule has 2 nitrogen and oxygen atoms in total. The Morgan fingerprint density at radius 2 is 2.45 bits per heavy atom. The Hall–Kier alpha value is -0.0800. The summed E-state index contributed by atoms with van der Waals surface area (Å²) in [7, 11) is 0. The fraction of sp³-hybridized carbons (Fsp3) is 1.00. The van der Waals surface area contributed by atoms with E-state index < -0.39 is 0 Å². The number of aliphatic hydroxyl groups is 1. The number of hydrogen-bond acceptors (Lipinski definition) is 2. The molecule has 1 aliphatic heterocycles. The molecule has 0 aliphatic carbocycles. The smallest absolute Gasteiger partial charge is 0.0496 e. The van der Waals surface area contributed by atoms with Crippen molar-refractivity contribution < 1.29 is 9.84 Å². The van der Waals surface area contributed by atoms with Gasteiger partial charge in [0.1, 0.15) is 0 Å². The van der Waals surface area contributed by atoms with Gasteiger partial charge in [-0.15, -0.1) is 0 Å². The predicted molar refractivity (Wildman–Crippen MR) is 44.4 cm³/mol. The van der Waals surface area contributed by atoms with Crippen molar-refractivity contribution in [3.63, 3.8) is 0 Å². The Bertz CT molecular complexity index is 97.7. The summed E-state index contributed by atoms with van der Waals surface area (Å²) >= 11 is 0. The molecule has 0 spiro atoms. The molecule has 0 aromatic heterocycles. The lowest BCUT2D eigenvalue weighted by Crippen LogP contribution is -2.23. The largest absolute Gasteiger partial charge is 0.396 e. The van der Waals surface area contributed by atoms with Crippen LogP contribution in [0.4, 0.5) is 0 Å². The third-order valence-electron chi connectivity index (χ3n) is 2.58. The minimum absolute atomic E-state index is 0.317. The topological polar surface area (TPSA) is 29.5 Å². The van der Waals surface area contributed by atoms with Crippen LogP contribution in [-0.4, -0.2) is 24.9 Å². The Balaban J connectivity index is 2.21. The molecule has 11 heavy (non-hydrogen) atoms. The molecule has 0 amide bonds. The lowest BCUT2D eigenvalue weighted by Gasteiger charge is -2.27. The van der Waals surface area contributed by atoms with Crippen molar-refractivity contribution in [1.82, 2.24) is 0 Å². The second-order valence-electron chi connectivity index (χ2n) is 3.47. The summed E-state index contributed by atoms with van der Waals surface area (Å²) in [5.74, 6) is 1.32. The highest BCUT2D eigenvalue weighted by molar-refractivity contribution is 4.68. The number of ether oxygens (including phenoxy) is 1. The lowest BCUT2D eigenvalue weighted by atomic mass is 9.87. The van der Waals surface area contributed by atoms with Gasteiger partial charge in [0.25, 0.3) is 0 Å². The monoisotopic (exact) mass is 158 g/mol. The van der Waals surface area contributed by atoms with Gasteiger partial charge >= 0.3 is 0 Å². The molecular formula is C9H18O2. The molecule has 66 valence electrons.